The van der Waals surface area contributed by atoms with Crippen molar-refractivity contribution in [2.24, 2.45) is 0 Å². The summed E-state index contributed by atoms with van der Waals surface area (Å²) in [6.45, 7) is 2.65. The lowest BCUT2D eigenvalue weighted by atomic mass is 10.1. The highest BCUT2D eigenvalue weighted by Crippen LogP contribution is 2.54. The van der Waals surface area contributed by atoms with Crippen LogP contribution in [0.3, 0.4) is 0 Å². The van der Waals surface area contributed by atoms with Crippen molar-refractivity contribution < 1.29 is 50.0 Å². The third kappa shape index (κ3) is 5.66. The lowest BCUT2D eigenvalue weighted by Gasteiger charge is -2.22. The molecule has 1 N–H and O–H groups in total. The van der Waals surface area contributed by atoms with Gasteiger partial charge < -0.3 is 18.7 Å². The molecule has 1 aromatic carbocycles. The number of nitrogens with zero attached hydrogens (tertiary/aromatic N) is 2. The zero-order chi connectivity index (χ0) is 23.4. The molecule has 0 radical (unpaired) electrons. The molecule has 1 unspecified atom stereocenters. The summed E-state index contributed by atoms with van der Waals surface area (Å²) in [5, 5.41) is 12.7. The van der Waals surface area contributed by atoms with E-state index in [1.54, 1.807) is 0 Å². The molecule has 2 rings (SSSR count). The van der Waals surface area contributed by atoms with E-state index in [0.717, 1.165) is 0 Å². The fraction of sp³-hybridized carbons (Fsp3) is 0.471. The molecule has 1 aromatic heterocycles. The molecule has 172 valence electrons. The van der Waals surface area contributed by atoms with Crippen LogP contribution in [0.1, 0.15) is 36.7 Å². The molecule has 0 fully saturated rings. The molecule has 0 aliphatic heterocycles. The molecular weight excluding hydrogens is 454 g/mol. The maximum Gasteiger partial charge on any atom is 0.416 e. The quantitative estimate of drug-likeness (QED) is 0.398. The van der Waals surface area contributed by atoms with Crippen molar-refractivity contribution in [1.82, 2.24) is 10.1 Å². The molecule has 0 aliphatic carbocycles. The molecular formula is C17H18F5N2O6P. The number of aromatic nitrogens is 2. The normalized spacial score (nSPS) is 13.9. The number of rotatable bonds is 10. The van der Waals surface area contributed by atoms with Crippen molar-refractivity contribution in [1.29, 1.82) is 0 Å². The van der Waals surface area contributed by atoms with Crippen molar-refractivity contribution in [3.8, 4) is 0 Å². The Morgan fingerprint density at radius 1 is 1.10 bits per heavy atom. The molecule has 2 aromatic rings. The third-order valence-corrected chi connectivity index (χ3v) is 6.38. The lowest BCUT2D eigenvalue weighted by Crippen LogP contribution is -2.26. The zero-order valence-electron chi connectivity index (χ0n) is 16.2. The van der Waals surface area contributed by atoms with Crippen LogP contribution in [-0.2, 0) is 36.9 Å². The van der Waals surface area contributed by atoms with Gasteiger partial charge in [0.15, 0.2) is 11.5 Å². The summed E-state index contributed by atoms with van der Waals surface area (Å²) in [6, 6.07) is 2.07. The van der Waals surface area contributed by atoms with Crippen molar-refractivity contribution >= 4 is 13.6 Å². The van der Waals surface area contributed by atoms with E-state index in [-0.39, 0.29) is 13.2 Å². The maximum absolute atomic E-state index is 14.6. The predicted molar refractivity (Wildman–Crippen MR) is 94.7 cm³/mol. The smallest absolute Gasteiger partial charge is 0.416 e. The van der Waals surface area contributed by atoms with E-state index in [9.17, 15) is 36.4 Å². The molecule has 31 heavy (non-hydrogen) atoms. The summed E-state index contributed by atoms with van der Waals surface area (Å²) < 4.78 is 94.2. The van der Waals surface area contributed by atoms with Gasteiger partial charge in [0.25, 0.3) is 0 Å². The fourth-order valence-electron chi connectivity index (χ4n) is 2.54. The third-order valence-electron chi connectivity index (χ3n) is 3.97. The number of aliphatic carboxylic acids is 1. The summed E-state index contributed by atoms with van der Waals surface area (Å²) in [6.07, 6.45) is -5.41. The Morgan fingerprint density at radius 3 is 2.06 bits per heavy atom. The number of hydrogen-bond donors (Lipinski definition) is 1. The molecule has 0 amide bonds. The van der Waals surface area contributed by atoms with Gasteiger partial charge in [-0.3, -0.25) is 9.36 Å². The first kappa shape index (κ1) is 24.9. The first-order valence-electron chi connectivity index (χ1n) is 8.85. The standard InChI is InChI=1S/C17H18F5N2O6P/c1-3-28-31(27,29-4-2)12(14(25)26)9-13-23-15(30-24-13)16(18,19)10-5-7-11(8-6-10)17(20,21)22/h5-8,12H,3-4,9H2,1-2H3,(H,25,26). The molecule has 0 aliphatic rings. The summed E-state index contributed by atoms with van der Waals surface area (Å²) >= 11 is 0. The Balaban J connectivity index is 2.30. The van der Waals surface area contributed by atoms with Gasteiger partial charge >= 0.3 is 31.6 Å². The molecule has 1 heterocycles. The van der Waals surface area contributed by atoms with E-state index < -0.39 is 60.6 Å². The Morgan fingerprint density at radius 2 is 1.61 bits per heavy atom. The van der Waals surface area contributed by atoms with Crippen LogP contribution in [0.2, 0.25) is 0 Å². The molecule has 14 heteroatoms. The van der Waals surface area contributed by atoms with Gasteiger partial charge in [0.05, 0.1) is 18.8 Å². The second kappa shape index (κ2) is 9.41. The predicted octanol–water partition coefficient (Wildman–Crippen LogP) is 4.49. The Bertz CT molecular complexity index is 937. The van der Waals surface area contributed by atoms with Gasteiger partial charge in [-0.1, -0.05) is 17.3 Å². The van der Waals surface area contributed by atoms with E-state index in [2.05, 4.69) is 14.7 Å². The monoisotopic (exact) mass is 472 g/mol. The minimum atomic E-state index is -4.70. The van der Waals surface area contributed by atoms with Crippen molar-refractivity contribution in [3.63, 3.8) is 0 Å². The van der Waals surface area contributed by atoms with Crippen molar-refractivity contribution in [3.05, 3.63) is 47.1 Å². The van der Waals surface area contributed by atoms with Crippen LogP contribution in [0.4, 0.5) is 22.0 Å². The van der Waals surface area contributed by atoms with Crippen LogP contribution in [0.25, 0.3) is 0 Å². The number of alkyl halides is 5. The van der Waals surface area contributed by atoms with Gasteiger partial charge in [0.1, 0.15) is 0 Å². The summed E-state index contributed by atoms with van der Waals surface area (Å²) in [5.74, 6) is -7.34. The summed E-state index contributed by atoms with van der Waals surface area (Å²) in [4.78, 5) is 15.0. The Hall–Kier alpha value is -2.37. The summed E-state index contributed by atoms with van der Waals surface area (Å²) in [5.41, 5.74) is -3.76. The number of benzene rings is 1. The number of hydrogen-bond acceptors (Lipinski definition) is 7. The minimum Gasteiger partial charge on any atom is -0.481 e. The van der Waals surface area contributed by atoms with Gasteiger partial charge in [-0.15, -0.1) is 0 Å². The highest BCUT2D eigenvalue weighted by Gasteiger charge is 2.45. The van der Waals surface area contributed by atoms with Crippen LogP contribution < -0.4 is 0 Å². The van der Waals surface area contributed by atoms with Gasteiger partial charge in [0, 0.05) is 12.0 Å². The SMILES string of the molecule is CCOP(=O)(OCC)C(Cc1noc(C(F)(F)c2ccc(C(F)(F)F)cc2)n1)C(=O)O. The van der Waals surface area contributed by atoms with Crippen LogP contribution in [0.15, 0.2) is 28.8 Å². The average Bonchev–Trinajstić information content (AvgIpc) is 3.15. The zero-order valence-corrected chi connectivity index (χ0v) is 17.1. The van der Waals surface area contributed by atoms with E-state index in [1.807, 2.05) is 0 Å². The number of carbonyl (C=O) groups is 1. The molecule has 1 atom stereocenters. The largest absolute Gasteiger partial charge is 0.481 e. The van der Waals surface area contributed by atoms with Crippen molar-refractivity contribution in [2.45, 2.75) is 38.0 Å². The molecule has 0 bridgehead atoms. The molecule has 0 saturated carbocycles. The first-order valence-corrected chi connectivity index (χ1v) is 10.5. The fourth-order valence-corrected chi connectivity index (χ4v) is 4.35. The molecule has 0 saturated heterocycles. The maximum atomic E-state index is 14.6. The van der Waals surface area contributed by atoms with Crippen LogP contribution in [0.5, 0.6) is 0 Å². The van der Waals surface area contributed by atoms with Gasteiger partial charge in [0.2, 0.25) is 0 Å². The van der Waals surface area contributed by atoms with Crippen LogP contribution in [-0.4, -0.2) is 40.1 Å². The average molecular weight is 472 g/mol. The van der Waals surface area contributed by atoms with Gasteiger partial charge in [-0.05, 0) is 26.0 Å². The Kier molecular flexibility index (Phi) is 7.56. The highest BCUT2D eigenvalue weighted by atomic mass is 31.2. The van der Waals surface area contributed by atoms with E-state index in [1.165, 1.54) is 13.8 Å². The van der Waals surface area contributed by atoms with Crippen LogP contribution >= 0.6 is 7.60 Å². The van der Waals surface area contributed by atoms with Crippen LogP contribution in [0, 0.1) is 0 Å². The summed E-state index contributed by atoms with van der Waals surface area (Å²) in [7, 11) is -4.18. The minimum absolute atomic E-state index is 0.134. The van der Waals surface area contributed by atoms with E-state index in [0.29, 0.717) is 24.3 Å². The topological polar surface area (TPSA) is 112 Å². The van der Waals surface area contributed by atoms with E-state index >= 15 is 0 Å². The lowest BCUT2D eigenvalue weighted by molar-refractivity contribution is -0.138. The van der Waals surface area contributed by atoms with Gasteiger partial charge in [-0.2, -0.15) is 26.9 Å². The van der Waals surface area contributed by atoms with Crippen molar-refractivity contribution in [2.75, 3.05) is 13.2 Å². The molecule has 8 nitrogen and oxygen atoms in total. The number of carboxylic acids is 1. The second-order valence-electron chi connectivity index (χ2n) is 6.10. The number of halogens is 5. The van der Waals surface area contributed by atoms with E-state index in [4.69, 9.17) is 9.05 Å². The number of carboxylic acid groups (broad SMARTS) is 1. The highest BCUT2D eigenvalue weighted by molar-refractivity contribution is 7.55. The Labute approximate surface area is 172 Å². The van der Waals surface area contributed by atoms with Gasteiger partial charge in [-0.25, -0.2) is 0 Å². The first-order chi connectivity index (χ1) is 14.3. The second-order valence-corrected chi connectivity index (χ2v) is 8.32. The molecule has 0 spiro atoms.